The number of para-hydroxylation sites is 2. The highest BCUT2D eigenvalue weighted by Gasteiger charge is 2.77. The fourth-order valence-corrected chi connectivity index (χ4v) is 8.83. The summed E-state index contributed by atoms with van der Waals surface area (Å²) in [5.74, 6) is -21.9. The molecule has 0 spiro atoms. The van der Waals surface area contributed by atoms with Crippen LogP contribution >= 0.6 is 23.2 Å². The zero-order valence-electron chi connectivity index (χ0n) is 25.0. The molecule has 49 heavy (non-hydrogen) atoms. The number of halogens is 7. The number of allylic oxidation sites excluding steroid dienone is 3. The highest BCUT2D eigenvalue weighted by molar-refractivity contribution is 6.58. The number of phenolic OH excluding ortho intramolecular Hbond substituents is 1. The number of alkyl halides is 2. The van der Waals surface area contributed by atoms with Crippen LogP contribution in [0.2, 0.25) is 0 Å². The van der Waals surface area contributed by atoms with E-state index < -0.39 is 104 Å². The van der Waals surface area contributed by atoms with Gasteiger partial charge in [-0.15, -0.1) is 29.8 Å². The Morgan fingerprint density at radius 2 is 1.45 bits per heavy atom. The van der Waals surface area contributed by atoms with Crippen molar-refractivity contribution in [3.05, 3.63) is 113 Å². The van der Waals surface area contributed by atoms with Crippen LogP contribution in [-0.2, 0) is 25.6 Å². The maximum Gasteiger partial charge on any atom is 0.258 e. The third-order valence-corrected chi connectivity index (χ3v) is 11.5. The van der Waals surface area contributed by atoms with Gasteiger partial charge in [-0.2, -0.15) is 0 Å². The van der Waals surface area contributed by atoms with Crippen LogP contribution in [0.4, 0.5) is 33.3 Å². The van der Waals surface area contributed by atoms with Crippen molar-refractivity contribution < 1.29 is 46.2 Å². The van der Waals surface area contributed by atoms with Gasteiger partial charge in [0, 0.05) is 11.5 Å². The Kier molecular flexibility index (Phi) is 7.57. The molecule has 252 valence electrons. The first kappa shape index (κ1) is 33.0. The minimum atomic E-state index is -2.74. The predicted octanol–water partition coefficient (Wildman–Crippen LogP) is 6.58. The fraction of sp³-hybridized carbons (Fsp3) is 0.257. The molecule has 6 atom stereocenters. The molecule has 7 rings (SSSR count). The average Bonchev–Trinajstić information content (AvgIpc) is 3.43. The lowest BCUT2D eigenvalue weighted by Crippen LogP contribution is -2.60. The highest BCUT2D eigenvalue weighted by atomic mass is 35.5. The van der Waals surface area contributed by atoms with Gasteiger partial charge in [0.1, 0.15) is 11.4 Å². The molecular formula is C35H23Cl2F5N2O5. The molecule has 3 aromatic carbocycles. The van der Waals surface area contributed by atoms with E-state index in [1.807, 2.05) is 0 Å². The molecule has 3 fully saturated rings. The third kappa shape index (κ3) is 4.19. The van der Waals surface area contributed by atoms with Gasteiger partial charge in [-0.3, -0.25) is 24.1 Å². The van der Waals surface area contributed by atoms with Crippen molar-refractivity contribution in [2.75, 3.05) is 9.80 Å². The summed E-state index contributed by atoms with van der Waals surface area (Å²) in [6, 6.07) is 12.5. The smallest absolute Gasteiger partial charge is 0.258 e. The van der Waals surface area contributed by atoms with Crippen LogP contribution in [0.25, 0.3) is 0 Å². The van der Waals surface area contributed by atoms with Crippen LogP contribution in [0.1, 0.15) is 29.9 Å². The van der Waals surface area contributed by atoms with Crippen LogP contribution in [0.15, 0.2) is 72.8 Å². The van der Waals surface area contributed by atoms with Crippen LogP contribution in [0.3, 0.4) is 0 Å². The first-order chi connectivity index (χ1) is 23.2. The number of carbonyl (C=O) groups is 4. The second-order valence-electron chi connectivity index (χ2n) is 12.4. The minimum absolute atomic E-state index is 0.0280. The number of fused-ring (bicyclic) bond motifs is 4. The van der Waals surface area contributed by atoms with Gasteiger partial charge in [0.15, 0.2) is 33.0 Å². The number of carbonyl (C=O) groups excluding carboxylic acids is 4. The maximum atomic E-state index is 15.2. The van der Waals surface area contributed by atoms with Gasteiger partial charge < -0.3 is 5.11 Å². The molecule has 2 saturated heterocycles. The summed E-state index contributed by atoms with van der Waals surface area (Å²) >= 11 is 14.3. The second-order valence-corrected chi connectivity index (χ2v) is 13.6. The van der Waals surface area contributed by atoms with Crippen molar-refractivity contribution in [2.45, 2.75) is 34.9 Å². The lowest BCUT2D eigenvalue weighted by molar-refractivity contribution is -0.125. The number of benzene rings is 3. The summed E-state index contributed by atoms with van der Waals surface area (Å²) in [6.45, 7) is 3.66. The number of amides is 4. The van der Waals surface area contributed by atoms with E-state index in [0.29, 0.717) is 5.56 Å². The van der Waals surface area contributed by atoms with Crippen LogP contribution < -0.4 is 9.80 Å². The molecule has 1 saturated carbocycles. The van der Waals surface area contributed by atoms with E-state index in [-0.39, 0.29) is 34.6 Å². The van der Waals surface area contributed by atoms with E-state index in [1.54, 1.807) is 42.5 Å². The Morgan fingerprint density at radius 1 is 0.816 bits per heavy atom. The topological polar surface area (TPSA) is 95.0 Å². The van der Waals surface area contributed by atoms with Gasteiger partial charge in [-0.05, 0) is 42.9 Å². The fourth-order valence-electron chi connectivity index (χ4n) is 7.91. The number of imide groups is 2. The standard InChI is InChI=1S/C35H23Cl2F5N2O5/c1-2-7-15-8-6-11-19(29(15)45)22-17-12-13-18-21(31(47)43(30(18)46)16-9-4-3-5-10-16)20(17)14-34(36)32(48)44(33(49)35(22,34)37)28-26(41)24(39)23(38)25(40)27(28)42/h2-6,8-12,18,20-22,45H,1,7,13-14H2/t18-,20+,21-,22+,34+,35-/m0/s1. The lowest BCUT2D eigenvalue weighted by atomic mass is 9.56. The second kappa shape index (κ2) is 11.2. The first-order valence-corrected chi connectivity index (χ1v) is 15.8. The largest absolute Gasteiger partial charge is 0.507 e. The molecule has 0 bridgehead atoms. The summed E-state index contributed by atoms with van der Waals surface area (Å²) in [7, 11) is 0. The van der Waals surface area contributed by atoms with Gasteiger partial charge in [-0.25, -0.2) is 26.9 Å². The lowest BCUT2D eigenvalue weighted by Gasteiger charge is -2.50. The molecule has 4 aliphatic rings. The average molecular weight is 717 g/mol. The van der Waals surface area contributed by atoms with Gasteiger partial charge in [0.25, 0.3) is 11.8 Å². The Balaban J connectivity index is 1.46. The summed E-state index contributed by atoms with van der Waals surface area (Å²) in [6.07, 6.45) is 2.50. The molecule has 1 N–H and O–H groups in total. The summed E-state index contributed by atoms with van der Waals surface area (Å²) < 4.78 is 73.3. The third-order valence-electron chi connectivity index (χ3n) is 10.1. The molecule has 2 aliphatic heterocycles. The minimum Gasteiger partial charge on any atom is -0.507 e. The van der Waals surface area contributed by atoms with E-state index in [2.05, 4.69) is 6.58 Å². The van der Waals surface area contributed by atoms with Crippen LogP contribution in [0, 0.1) is 46.8 Å². The van der Waals surface area contributed by atoms with Gasteiger partial charge in [0.2, 0.25) is 17.6 Å². The number of nitrogens with zero attached hydrogens (tertiary/aromatic N) is 2. The van der Waals surface area contributed by atoms with Crippen molar-refractivity contribution in [3.63, 3.8) is 0 Å². The predicted molar refractivity (Wildman–Crippen MR) is 167 cm³/mol. The zero-order valence-corrected chi connectivity index (χ0v) is 26.5. The maximum absolute atomic E-state index is 15.2. The molecule has 2 aliphatic carbocycles. The molecular weight excluding hydrogens is 694 g/mol. The van der Waals surface area contributed by atoms with Crippen molar-refractivity contribution in [1.82, 2.24) is 0 Å². The number of phenols is 1. The van der Waals surface area contributed by atoms with E-state index >= 15 is 8.78 Å². The quantitative estimate of drug-likeness (QED) is 0.0804. The monoisotopic (exact) mass is 716 g/mol. The van der Waals surface area contributed by atoms with Gasteiger partial charge >= 0.3 is 0 Å². The van der Waals surface area contributed by atoms with Crippen LogP contribution in [0.5, 0.6) is 5.75 Å². The van der Waals surface area contributed by atoms with Crippen molar-refractivity contribution in [2.24, 2.45) is 17.8 Å². The molecule has 0 unspecified atom stereocenters. The SMILES string of the molecule is C=CCc1cccc([C@H]2C3=CC[C@@H]4C(=O)N(c5ccccc5)C(=O)[C@@H]4[C@@H]3C[C@@]3(Cl)C(=O)N(c4c(F)c(F)c(F)c(F)c4F)C(=O)[C@@]23Cl)c1O. The molecule has 0 radical (unpaired) electrons. The first-order valence-electron chi connectivity index (χ1n) is 15.0. The molecule has 7 nitrogen and oxygen atoms in total. The summed E-state index contributed by atoms with van der Waals surface area (Å²) in [5.41, 5.74) is -1.12. The van der Waals surface area contributed by atoms with Crippen molar-refractivity contribution in [1.29, 1.82) is 0 Å². The number of rotatable bonds is 5. The van der Waals surface area contributed by atoms with E-state index in [0.717, 1.165) is 4.90 Å². The summed E-state index contributed by atoms with van der Waals surface area (Å²) in [5, 5.41) is 11.5. The molecule has 3 aromatic rings. The Morgan fingerprint density at radius 3 is 2.08 bits per heavy atom. The molecule has 4 amide bonds. The summed E-state index contributed by atoms with van der Waals surface area (Å²) in [4.78, 5) is 51.8. The number of anilines is 2. The Bertz CT molecular complexity index is 2030. The van der Waals surface area contributed by atoms with Crippen molar-refractivity contribution in [3.8, 4) is 5.75 Å². The Hall–Kier alpha value is -4.55. The number of hydrogen-bond acceptors (Lipinski definition) is 5. The van der Waals surface area contributed by atoms with Gasteiger partial charge in [-0.1, -0.05) is 54.1 Å². The zero-order chi connectivity index (χ0) is 35.3. The normalized spacial score (nSPS) is 29.2. The van der Waals surface area contributed by atoms with E-state index in [9.17, 15) is 37.5 Å². The van der Waals surface area contributed by atoms with Gasteiger partial charge in [0.05, 0.1) is 17.5 Å². The van der Waals surface area contributed by atoms with E-state index in [1.165, 1.54) is 18.2 Å². The van der Waals surface area contributed by atoms with Crippen LogP contribution in [-0.4, -0.2) is 38.5 Å². The molecule has 14 heteroatoms. The number of aromatic hydroxyl groups is 1. The molecule has 0 aromatic heterocycles. The highest BCUT2D eigenvalue weighted by Crippen LogP contribution is 2.67. The Labute approximate surface area is 285 Å². The van der Waals surface area contributed by atoms with Crippen molar-refractivity contribution >= 4 is 58.2 Å². The number of hydrogen-bond donors (Lipinski definition) is 1. The van der Waals surface area contributed by atoms with E-state index in [4.69, 9.17) is 23.2 Å². The molecule has 2 heterocycles.